The Bertz CT molecular complexity index is 2200. The molecule has 0 aliphatic carbocycles. The minimum atomic E-state index is -0.874. The first kappa shape index (κ1) is 30.7. The molecule has 12 heteroatoms. The van der Waals surface area contributed by atoms with E-state index in [1.165, 1.54) is 24.3 Å². The van der Waals surface area contributed by atoms with Crippen LogP contribution in [0.2, 0.25) is 0 Å². The predicted molar refractivity (Wildman–Crippen MR) is 178 cm³/mol. The number of nitrogens with zero attached hydrogens (tertiary/aromatic N) is 6. The molecule has 0 saturated carbocycles. The van der Waals surface area contributed by atoms with E-state index >= 15 is 4.39 Å². The van der Waals surface area contributed by atoms with E-state index in [1.54, 1.807) is 9.58 Å². The summed E-state index contributed by atoms with van der Waals surface area (Å²) in [6.45, 7) is 9.36. The summed E-state index contributed by atoms with van der Waals surface area (Å²) in [5.41, 5.74) is 4.28. The number of halogens is 2. The van der Waals surface area contributed by atoms with Crippen molar-refractivity contribution in [2.75, 3.05) is 13.2 Å². The van der Waals surface area contributed by atoms with Gasteiger partial charge in [0.15, 0.2) is 0 Å². The number of carbonyl (C=O) groups excluding carboxylic acids is 1. The molecule has 5 heterocycles. The van der Waals surface area contributed by atoms with E-state index in [9.17, 15) is 14.3 Å². The monoisotopic (exact) mass is 654 g/mol. The predicted octanol–water partition coefficient (Wildman–Crippen LogP) is 7.07. The molecule has 0 unspecified atom stereocenters. The highest BCUT2D eigenvalue weighted by atomic mass is 32.1. The van der Waals surface area contributed by atoms with E-state index in [0.29, 0.717) is 34.6 Å². The van der Waals surface area contributed by atoms with Crippen LogP contribution in [0.25, 0.3) is 54.8 Å². The molecule has 1 amide bonds. The van der Waals surface area contributed by atoms with Crippen molar-refractivity contribution in [3.63, 3.8) is 0 Å². The molecule has 3 atom stereocenters. The van der Waals surface area contributed by atoms with Crippen LogP contribution in [0.15, 0.2) is 66.7 Å². The average molecular weight is 655 g/mol. The van der Waals surface area contributed by atoms with Crippen LogP contribution < -0.4 is 4.74 Å². The van der Waals surface area contributed by atoms with Gasteiger partial charge in [-0.3, -0.25) is 14.2 Å². The van der Waals surface area contributed by atoms with E-state index in [-0.39, 0.29) is 35.9 Å². The standard InChI is InChI=1S/C35H32F2N6O3S/c1-6-30(45)42-15-18(2)43-28(20(42)4)14-27(40-43)34-31(32-25(37)12-23(36)13-29(32)46-17-19(3)44)24-9-10-47-35(24)33(38-34)21-7-8-22-16-41(5)39-26(22)11-21/h6-14,16,18-20,44H,1,15,17H2,2-5H3/t18-,19+,20+/m0/s1. The highest BCUT2D eigenvalue weighted by molar-refractivity contribution is 7.17. The summed E-state index contributed by atoms with van der Waals surface area (Å²) in [7, 11) is 1.86. The van der Waals surface area contributed by atoms with E-state index in [4.69, 9.17) is 14.8 Å². The maximum atomic E-state index is 16.1. The summed E-state index contributed by atoms with van der Waals surface area (Å²) in [5, 5.41) is 23.1. The lowest BCUT2D eigenvalue weighted by atomic mass is 9.95. The molecule has 4 aromatic heterocycles. The van der Waals surface area contributed by atoms with Crippen molar-refractivity contribution in [3.05, 3.63) is 84.0 Å². The van der Waals surface area contributed by atoms with Crippen LogP contribution in [0.1, 0.15) is 38.5 Å². The Hall–Kier alpha value is -4.94. The minimum Gasteiger partial charge on any atom is -0.490 e. The quantitative estimate of drug-likeness (QED) is 0.185. The first-order chi connectivity index (χ1) is 22.5. The second kappa shape index (κ2) is 11.7. The number of aliphatic hydroxyl groups is 1. The molecule has 0 fully saturated rings. The molecular weight excluding hydrogens is 622 g/mol. The fourth-order valence-corrected chi connectivity index (χ4v) is 7.25. The van der Waals surface area contributed by atoms with Gasteiger partial charge in [0.05, 0.1) is 45.4 Å². The number of aromatic nitrogens is 5. The first-order valence-corrected chi connectivity index (χ1v) is 16.1. The van der Waals surface area contributed by atoms with Crippen LogP contribution in [0, 0.1) is 11.6 Å². The number of fused-ring (bicyclic) bond motifs is 3. The summed E-state index contributed by atoms with van der Waals surface area (Å²) in [4.78, 5) is 19.7. The van der Waals surface area contributed by atoms with Crippen LogP contribution in [0.5, 0.6) is 5.75 Å². The Morgan fingerprint density at radius 3 is 2.72 bits per heavy atom. The molecule has 0 saturated heterocycles. The van der Waals surface area contributed by atoms with Crippen LogP contribution in [-0.2, 0) is 11.8 Å². The average Bonchev–Trinajstić information content (AvgIpc) is 3.78. The number of thiophene rings is 1. The maximum Gasteiger partial charge on any atom is 0.246 e. The molecule has 1 N–H and O–H groups in total. The fourth-order valence-electron chi connectivity index (χ4n) is 6.34. The second-order valence-electron chi connectivity index (χ2n) is 12.0. The van der Waals surface area contributed by atoms with Gasteiger partial charge in [0, 0.05) is 53.8 Å². The van der Waals surface area contributed by atoms with Crippen molar-refractivity contribution in [1.29, 1.82) is 0 Å². The number of ether oxygens (including phenoxy) is 1. The lowest BCUT2D eigenvalue weighted by Crippen LogP contribution is -2.42. The molecule has 47 heavy (non-hydrogen) atoms. The lowest BCUT2D eigenvalue weighted by molar-refractivity contribution is -0.129. The summed E-state index contributed by atoms with van der Waals surface area (Å²) in [6, 6.07) is 11.1. The van der Waals surface area contributed by atoms with E-state index in [2.05, 4.69) is 11.7 Å². The number of aliphatic hydroxyl groups excluding tert-OH is 1. The summed E-state index contributed by atoms with van der Waals surface area (Å²) < 4.78 is 41.0. The number of pyridine rings is 1. The van der Waals surface area contributed by atoms with Crippen molar-refractivity contribution in [2.45, 2.75) is 39.0 Å². The van der Waals surface area contributed by atoms with Crippen LogP contribution in [0.3, 0.4) is 0 Å². The first-order valence-electron chi connectivity index (χ1n) is 15.2. The van der Waals surface area contributed by atoms with Crippen molar-refractivity contribution in [1.82, 2.24) is 29.4 Å². The van der Waals surface area contributed by atoms with Crippen LogP contribution >= 0.6 is 11.3 Å². The van der Waals surface area contributed by atoms with Gasteiger partial charge in [0.2, 0.25) is 5.91 Å². The van der Waals surface area contributed by atoms with Crippen molar-refractivity contribution in [2.24, 2.45) is 7.05 Å². The van der Waals surface area contributed by atoms with Gasteiger partial charge in [-0.1, -0.05) is 18.7 Å². The normalized spacial score (nSPS) is 16.9. The fraction of sp³-hybridized carbons (Fsp3) is 0.257. The van der Waals surface area contributed by atoms with Gasteiger partial charge in [0.25, 0.3) is 0 Å². The van der Waals surface area contributed by atoms with Gasteiger partial charge in [-0.15, -0.1) is 11.3 Å². The molecule has 9 nitrogen and oxygen atoms in total. The molecular formula is C35H32F2N6O3S. The molecule has 0 spiro atoms. The maximum absolute atomic E-state index is 16.1. The van der Waals surface area contributed by atoms with Gasteiger partial charge in [-0.05, 0) is 50.4 Å². The Balaban J connectivity index is 1.52. The lowest BCUT2D eigenvalue weighted by Gasteiger charge is -2.36. The molecule has 240 valence electrons. The molecule has 2 aromatic carbocycles. The number of amides is 1. The molecule has 1 aliphatic rings. The molecule has 0 bridgehead atoms. The number of carbonyl (C=O) groups is 1. The van der Waals surface area contributed by atoms with Crippen molar-refractivity contribution in [3.8, 4) is 39.5 Å². The van der Waals surface area contributed by atoms with E-state index < -0.39 is 17.7 Å². The van der Waals surface area contributed by atoms with Gasteiger partial charge in [0.1, 0.15) is 35.4 Å². The third-order valence-electron chi connectivity index (χ3n) is 8.49. The zero-order valence-electron chi connectivity index (χ0n) is 26.2. The minimum absolute atomic E-state index is 0.0141. The van der Waals surface area contributed by atoms with Crippen LogP contribution in [0.4, 0.5) is 8.78 Å². The third kappa shape index (κ3) is 5.27. The topological polar surface area (TPSA) is 98.3 Å². The van der Waals surface area contributed by atoms with Gasteiger partial charge < -0.3 is 14.7 Å². The number of benzene rings is 2. The number of hydrogen-bond donors (Lipinski definition) is 1. The largest absolute Gasteiger partial charge is 0.490 e. The Morgan fingerprint density at radius 1 is 1.15 bits per heavy atom. The van der Waals surface area contributed by atoms with Gasteiger partial charge in [-0.2, -0.15) is 10.2 Å². The molecule has 6 aromatic rings. The molecule has 7 rings (SSSR count). The van der Waals surface area contributed by atoms with Crippen LogP contribution in [-0.4, -0.2) is 59.7 Å². The molecule has 0 radical (unpaired) electrons. The smallest absolute Gasteiger partial charge is 0.246 e. The van der Waals surface area contributed by atoms with E-state index in [1.807, 2.05) is 67.5 Å². The SMILES string of the molecule is C=CC(=O)N1C[C@H](C)n2nc(-c3nc(-c4ccc5cn(C)nc5c4)c4sccc4c3-c3c(F)cc(F)cc3OC[C@@H](C)O)cc2[C@H]1C. The van der Waals surface area contributed by atoms with E-state index in [0.717, 1.165) is 39.0 Å². The highest BCUT2D eigenvalue weighted by Crippen LogP contribution is 2.47. The van der Waals surface area contributed by atoms with Gasteiger partial charge in [-0.25, -0.2) is 13.8 Å². The summed E-state index contributed by atoms with van der Waals surface area (Å²) >= 11 is 1.45. The Labute approximate surface area is 273 Å². The summed E-state index contributed by atoms with van der Waals surface area (Å²) in [6.07, 6.45) is 2.37. The second-order valence-corrected chi connectivity index (χ2v) is 12.9. The van der Waals surface area contributed by atoms with Gasteiger partial charge >= 0.3 is 0 Å². The van der Waals surface area contributed by atoms with Crippen molar-refractivity contribution >= 4 is 38.2 Å². The van der Waals surface area contributed by atoms with Crippen molar-refractivity contribution < 1.29 is 23.4 Å². The Morgan fingerprint density at radius 2 is 1.96 bits per heavy atom. The zero-order chi connectivity index (χ0) is 33.1. The summed E-state index contributed by atoms with van der Waals surface area (Å²) in [5.74, 6) is -1.89. The zero-order valence-corrected chi connectivity index (χ0v) is 27.1. The molecule has 1 aliphatic heterocycles. The third-order valence-corrected chi connectivity index (χ3v) is 9.41. The number of hydrogen-bond acceptors (Lipinski definition) is 7. The Kier molecular flexibility index (Phi) is 7.64. The number of rotatable bonds is 7. The highest BCUT2D eigenvalue weighted by Gasteiger charge is 2.34. The number of aryl methyl sites for hydroxylation is 1.